The van der Waals surface area contributed by atoms with Crippen molar-refractivity contribution >= 4 is 19.0 Å². The lowest BCUT2D eigenvalue weighted by molar-refractivity contribution is 0.143. The standard InChI is InChI=1S/C4H8O2PS/c1-4(2)3-5-7(8)6-4/h3H2,1-2H3/q+1. The van der Waals surface area contributed by atoms with Crippen molar-refractivity contribution in [2.45, 2.75) is 19.4 Å². The van der Waals surface area contributed by atoms with Gasteiger partial charge in [0.2, 0.25) is 11.8 Å². The summed E-state index contributed by atoms with van der Waals surface area (Å²) in [6, 6.07) is 0. The van der Waals surface area contributed by atoms with Gasteiger partial charge >= 0.3 is 7.15 Å². The summed E-state index contributed by atoms with van der Waals surface area (Å²) in [5.41, 5.74) is -0.131. The summed E-state index contributed by atoms with van der Waals surface area (Å²) >= 11 is 4.77. The van der Waals surface area contributed by atoms with E-state index in [2.05, 4.69) is 0 Å². The van der Waals surface area contributed by atoms with Crippen LogP contribution in [0.3, 0.4) is 0 Å². The van der Waals surface area contributed by atoms with E-state index in [1.807, 2.05) is 13.8 Å². The van der Waals surface area contributed by atoms with Crippen LogP contribution < -0.4 is 0 Å². The fourth-order valence-electron chi connectivity index (χ4n) is 0.463. The van der Waals surface area contributed by atoms with Crippen LogP contribution >= 0.6 is 7.15 Å². The van der Waals surface area contributed by atoms with E-state index in [4.69, 9.17) is 20.9 Å². The molecule has 1 aliphatic heterocycles. The van der Waals surface area contributed by atoms with E-state index >= 15 is 0 Å². The highest BCUT2D eigenvalue weighted by Crippen LogP contribution is 2.39. The molecule has 0 amide bonds. The molecule has 0 N–H and O–H groups in total. The Morgan fingerprint density at radius 1 is 1.62 bits per heavy atom. The highest BCUT2D eigenvalue weighted by Gasteiger charge is 2.40. The minimum atomic E-state index is -0.970. The van der Waals surface area contributed by atoms with Gasteiger partial charge in [0.15, 0.2) is 0 Å². The molecule has 1 unspecified atom stereocenters. The van der Waals surface area contributed by atoms with Crippen LogP contribution in [0.1, 0.15) is 13.8 Å². The first-order chi connectivity index (χ1) is 3.60. The van der Waals surface area contributed by atoms with Crippen molar-refractivity contribution < 1.29 is 9.05 Å². The third kappa shape index (κ3) is 1.46. The van der Waals surface area contributed by atoms with E-state index in [1.165, 1.54) is 0 Å². The first kappa shape index (κ1) is 6.56. The van der Waals surface area contributed by atoms with Gasteiger partial charge in [0.1, 0.15) is 12.2 Å². The molecule has 0 aromatic carbocycles. The van der Waals surface area contributed by atoms with Gasteiger partial charge in [-0.3, -0.25) is 0 Å². The average Bonchev–Trinajstić information content (AvgIpc) is 1.82. The maximum absolute atomic E-state index is 5.21. The molecule has 0 aliphatic carbocycles. The lowest BCUT2D eigenvalue weighted by Crippen LogP contribution is -2.20. The zero-order chi connectivity index (χ0) is 6.20. The quantitative estimate of drug-likeness (QED) is 0.490. The minimum Gasteiger partial charge on any atom is -0.139 e. The Bertz CT molecular complexity index is 123. The summed E-state index contributed by atoms with van der Waals surface area (Å²) in [6.45, 7) is 4.59. The number of hydrogen-bond donors (Lipinski definition) is 0. The molecule has 1 saturated heterocycles. The molecule has 2 nitrogen and oxygen atoms in total. The third-order valence-corrected chi connectivity index (χ3v) is 2.36. The summed E-state index contributed by atoms with van der Waals surface area (Å²) in [5, 5.41) is 0. The molecule has 1 atom stereocenters. The van der Waals surface area contributed by atoms with E-state index < -0.39 is 7.15 Å². The molecule has 0 aromatic heterocycles. The van der Waals surface area contributed by atoms with Crippen LogP contribution in [-0.4, -0.2) is 12.2 Å². The predicted octanol–water partition coefficient (Wildman–Crippen LogP) is 1.59. The Kier molecular flexibility index (Phi) is 1.63. The second-order valence-corrected chi connectivity index (χ2v) is 4.13. The first-order valence-corrected chi connectivity index (χ1v) is 4.58. The Balaban J connectivity index is 2.56. The topological polar surface area (TPSA) is 18.5 Å². The highest BCUT2D eigenvalue weighted by molar-refractivity contribution is 8.00. The monoisotopic (exact) mass is 151 g/mol. The van der Waals surface area contributed by atoms with Gasteiger partial charge in [-0.05, 0) is 13.8 Å². The summed E-state index contributed by atoms with van der Waals surface area (Å²) in [7, 11) is -0.970. The normalized spacial score (nSPS) is 31.0. The second kappa shape index (κ2) is 1.99. The molecule has 1 heterocycles. The fourth-order valence-corrected chi connectivity index (χ4v) is 2.15. The maximum Gasteiger partial charge on any atom is 0.522 e. The molecule has 1 aliphatic rings. The molecule has 0 aromatic rings. The fraction of sp³-hybridized carbons (Fsp3) is 1.00. The number of hydrogen-bond acceptors (Lipinski definition) is 3. The minimum absolute atomic E-state index is 0.131. The molecule has 0 spiro atoms. The van der Waals surface area contributed by atoms with E-state index in [-0.39, 0.29) is 5.60 Å². The van der Waals surface area contributed by atoms with Gasteiger partial charge in [0.25, 0.3) is 0 Å². The van der Waals surface area contributed by atoms with Gasteiger partial charge in [-0.15, -0.1) is 9.05 Å². The molecule has 1 rings (SSSR count). The summed E-state index contributed by atoms with van der Waals surface area (Å²) in [4.78, 5) is 0. The Morgan fingerprint density at radius 3 is 2.38 bits per heavy atom. The zero-order valence-corrected chi connectivity index (χ0v) is 6.59. The lowest BCUT2D eigenvalue weighted by Gasteiger charge is -2.03. The van der Waals surface area contributed by atoms with Gasteiger partial charge in [-0.1, -0.05) is 0 Å². The van der Waals surface area contributed by atoms with Crippen molar-refractivity contribution in [2.75, 3.05) is 6.61 Å². The van der Waals surface area contributed by atoms with Crippen LogP contribution in [0.2, 0.25) is 0 Å². The molecular formula is C4H8O2PS+. The van der Waals surface area contributed by atoms with E-state index in [0.717, 1.165) is 0 Å². The van der Waals surface area contributed by atoms with Gasteiger partial charge < -0.3 is 0 Å². The molecule has 1 fully saturated rings. The smallest absolute Gasteiger partial charge is 0.139 e. The Morgan fingerprint density at radius 2 is 2.25 bits per heavy atom. The molecule has 4 heteroatoms. The van der Waals surface area contributed by atoms with Crippen molar-refractivity contribution in [2.24, 2.45) is 0 Å². The van der Waals surface area contributed by atoms with Gasteiger partial charge in [-0.2, -0.15) is 0 Å². The van der Waals surface area contributed by atoms with Crippen molar-refractivity contribution in [1.29, 1.82) is 0 Å². The zero-order valence-electron chi connectivity index (χ0n) is 4.88. The van der Waals surface area contributed by atoms with Crippen LogP contribution in [0.5, 0.6) is 0 Å². The summed E-state index contributed by atoms with van der Waals surface area (Å²) < 4.78 is 10.2. The van der Waals surface area contributed by atoms with E-state index in [9.17, 15) is 0 Å². The van der Waals surface area contributed by atoms with Gasteiger partial charge in [0, 0.05) is 0 Å². The molecule has 46 valence electrons. The second-order valence-electron chi connectivity index (χ2n) is 2.35. The third-order valence-electron chi connectivity index (χ3n) is 0.839. The molecular weight excluding hydrogens is 143 g/mol. The molecule has 0 saturated carbocycles. The molecule has 0 radical (unpaired) electrons. The Labute approximate surface area is 54.8 Å². The largest absolute Gasteiger partial charge is 0.522 e. The summed E-state index contributed by atoms with van der Waals surface area (Å²) in [6.07, 6.45) is 0. The van der Waals surface area contributed by atoms with Crippen molar-refractivity contribution in [3.05, 3.63) is 0 Å². The van der Waals surface area contributed by atoms with E-state index in [1.54, 1.807) is 0 Å². The lowest BCUT2D eigenvalue weighted by atomic mass is 10.2. The molecule has 0 bridgehead atoms. The average molecular weight is 151 g/mol. The highest BCUT2D eigenvalue weighted by atomic mass is 32.4. The van der Waals surface area contributed by atoms with Crippen molar-refractivity contribution in [3.8, 4) is 0 Å². The van der Waals surface area contributed by atoms with Crippen LogP contribution in [-0.2, 0) is 20.9 Å². The number of rotatable bonds is 0. The Hall–Kier alpha value is 0.440. The van der Waals surface area contributed by atoms with E-state index in [0.29, 0.717) is 6.61 Å². The van der Waals surface area contributed by atoms with Crippen molar-refractivity contribution in [1.82, 2.24) is 0 Å². The summed E-state index contributed by atoms with van der Waals surface area (Å²) in [5.74, 6) is 0. The maximum atomic E-state index is 5.21. The predicted molar refractivity (Wildman–Crippen MR) is 35.4 cm³/mol. The van der Waals surface area contributed by atoms with Crippen LogP contribution in [0.25, 0.3) is 0 Å². The van der Waals surface area contributed by atoms with Gasteiger partial charge in [0.05, 0.1) is 0 Å². The van der Waals surface area contributed by atoms with Crippen LogP contribution in [0.4, 0.5) is 0 Å². The van der Waals surface area contributed by atoms with Crippen LogP contribution in [0.15, 0.2) is 0 Å². The van der Waals surface area contributed by atoms with Crippen molar-refractivity contribution in [3.63, 3.8) is 0 Å². The molecule has 8 heavy (non-hydrogen) atoms. The first-order valence-electron chi connectivity index (χ1n) is 2.39. The SMILES string of the molecule is CC1(C)CO[P+](=S)O1. The van der Waals surface area contributed by atoms with Gasteiger partial charge in [-0.25, -0.2) is 0 Å². The van der Waals surface area contributed by atoms with Crippen LogP contribution in [0, 0.1) is 0 Å².